The molecule has 1 aromatic rings. The summed E-state index contributed by atoms with van der Waals surface area (Å²) >= 11 is 0. The highest BCUT2D eigenvalue weighted by molar-refractivity contribution is 5.58. The molecule has 1 fully saturated rings. The Hall–Kier alpha value is -1.36. The normalized spacial score (nSPS) is 17.1. The molecule has 112 valence electrons. The van der Waals surface area contributed by atoms with Crippen LogP contribution in [-0.4, -0.2) is 54.6 Å². The van der Waals surface area contributed by atoms with Gasteiger partial charge in [0.15, 0.2) is 0 Å². The molecule has 5 nitrogen and oxygen atoms in total. The summed E-state index contributed by atoms with van der Waals surface area (Å²) in [6, 6.07) is 0. The molecule has 5 heteroatoms. The first-order valence-electron chi connectivity index (χ1n) is 7.64. The zero-order chi connectivity index (χ0) is 14.5. The summed E-state index contributed by atoms with van der Waals surface area (Å²) < 4.78 is 0. The molecule has 0 aromatic carbocycles. The molecule has 20 heavy (non-hydrogen) atoms. The van der Waals surface area contributed by atoms with E-state index in [9.17, 15) is 0 Å². The fourth-order valence-electron chi connectivity index (χ4n) is 2.60. The minimum Gasteiger partial charge on any atom is -0.370 e. The van der Waals surface area contributed by atoms with Gasteiger partial charge in [0, 0.05) is 31.7 Å². The zero-order valence-electron chi connectivity index (χ0n) is 13.2. The fourth-order valence-corrected chi connectivity index (χ4v) is 2.60. The van der Waals surface area contributed by atoms with Crippen LogP contribution in [0.1, 0.15) is 31.2 Å². The number of likely N-dealkylation sites (N-methyl/N-ethyl adjacent to an activating group) is 1. The summed E-state index contributed by atoms with van der Waals surface area (Å²) in [7, 11) is 2.19. The number of rotatable bonds is 4. The van der Waals surface area contributed by atoms with Crippen molar-refractivity contribution >= 4 is 11.6 Å². The van der Waals surface area contributed by atoms with Gasteiger partial charge in [-0.3, -0.25) is 0 Å². The third kappa shape index (κ3) is 3.60. The second kappa shape index (κ2) is 6.88. The first kappa shape index (κ1) is 15.0. The standard InChI is InChI=1S/C15H27N5/c1-5-7-16-14-12(2)15(18-13(3)17-14)20-9-6-8-19(4)10-11-20/h5-11H2,1-4H3,(H,16,17,18). The Morgan fingerprint density at radius 2 is 1.90 bits per heavy atom. The Balaban J connectivity index is 2.23. The van der Waals surface area contributed by atoms with Crippen molar-refractivity contribution in [3.63, 3.8) is 0 Å². The SMILES string of the molecule is CCCNc1nc(C)nc(N2CCCN(C)CC2)c1C. The van der Waals surface area contributed by atoms with Crippen LogP contribution in [-0.2, 0) is 0 Å². The van der Waals surface area contributed by atoms with E-state index in [1.54, 1.807) is 0 Å². The van der Waals surface area contributed by atoms with Gasteiger partial charge in [0.2, 0.25) is 0 Å². The van der Waals surface area contributed by atoms with Crippen LogP contribution in [0.2, 0.25) is 0 Å². The van der Waals surface area contributed by atoms with Crippen LogP contribution in [0.5, 0.6) is 0 Å². The van der Waals surface area contributed by atoms with Crippen molar-refractivity contribution in [3.05, 3.63) is 11.4 Å². The van der Waals surface area contributed by atoms with Crippen molar-refractivity contribution in [1.29, 1.82) is 0 Å². The number of hydrogen-bond donors (Lipinski definition) is 1. The van der Waals surface area contributed by atoms with Crippen molar-refractivity contribution in [1.82, 2.24) is 14.9 Å². The number of anilines is 2. The van der Waals surface area contributed by atoms with Gasteiger partial charge in [0.25, 0.3) is 0 Å². The van der Waals surface area contributed by atoms with Gasteiger partial charge in [-0.15, -0.1) is 0 Å². The van der Waals surface area contributed by atoms with E-state index in [0.717, 1.165) is 50.1 Å². The number of aromatic nitrogens is 2. The predicted molar refractivity (Wildman–Crippen MR) is 84.6 cm³/mol. The van der Waals surface area contributed by atoms with E-state index < -0.39 is 0 Å². The van der Waals surface area contributed by atoms with Crippen LogP contribution in [0, 0.1) is 13.8 Å². The highest BCUT2D eigenvalue weighted by Gasteiger charge is 2.18. The molecule has 1 N–H and O–H groups in total. The van der Waals surface area contributed by atoms with Gasteiger partial charge in [-0.25, -0.2) is 9.97 Å². The average molecular weight is 277 g/mol. The van der Waals surface area contributed by atoms with Gasteiger partial charge in [-0.1, -0.05) is 6.92 Å². The summed E-state index contributed by atoms with van der Waals surface area (Å²) in [5.74, 6) is 2.94. The van der Waals surface area contributed by atoms with E-state index >= 15 is 0 Å². The summed E-state index contributed by atoms with van der Waals surface area (Å²) in [5, 5.41) is 3.42. The van der Waals surface area contributed by atoms with E-state index in [4.69, 9.17) is 0 Å². The summed E-state index contributed by atoms with van der Waals surface area (Å²) in [6.07, 6.45) is 2.29. The lowest BCUT2D eigenvalue weighted by molar-refractivity contribution is 0.360. The minimum atomic E-state index is 0.849. The molecule has 1 aromatic heterocycles. The molecular formula is C15H27N5. The van der Waals surface area contributed by atoms with Gasteiger partial charge in [-0.2, -0.15) is 0 Å². The van der Waals surface area contributed by atoms with E-state index in [1.165, 1.54) is 18.5 Å². The van der Waals surface area contributed by atoms with E-state index in [0.29, 0.717) is 0 Å². The Morgan fingerprint density at radius 1 is 1.10 bits per heavy atom. The lowest BCUT2D eigenvalue weighted by Crippen LogP contribution is -2.30. The highest BCUT2D eigenvalue weighted by Crippen LogP contribution is 2.24. The first-order valence-corrected chi connectivity index (χ1v) is 7.64. The van der Waals surface area contributed by atoms with Gasteiger partial charge in [0.05, 0.1) is 0 Å². The molecule has 0 bridgehead atoms. The van der Waals surface area contributed by atoms with E-state index in [-0.39, 0.29) is 0 Å². The average Bonchev–Trinajstić information content (AvgIpc) is 2.64. The smallest absolute Gasteiger partial charge is 0.137 e. The largest absolute Gasteiger partial charge is 0.370 e. The van der Waals surface area contributed by atoms with Crippen LogP contribution in [0.15, 0.2) is 0 Å². The van der Waals surface area contributed by atoms with Crippen LogP contribution in [0.4, 0.5) is 11.6 Å². The van der Waals surface area contributed by atoms with Crippen molar-refractivity contribution in [2.75, 3.05) is 50.0 Å². The molecule has 0 spiro atoms. The second-order valence-corrected chi connectivity index (χ2v) is 5.64. The second-order valence-electron chi connectivity index (χ2n) is 5.64. The fraction of sp³-hybridized carbons (Fsp3) is 0.733. The maximum atomic E-state index is 4.69. The Labute approximate surface area is 122 Å². The molecule has 2 rings (SSSR count). The lowest BCUT2D eigenvalue weighted by atomic mass is 10.2. The quantitative estimate of drug-likeness (QED) is 0.912. The molecule has 0 saturated carbocycles. The number of aryl methyl sites for hydroxylation is 1. The van der Waals surface area contributed by atoms with Crippen molar-refractivity contribution in [2.45, 2.75) is 33.6 Å². The van der Waals surface area contributed by atoms with Crippen LogP contribution < -0.4 is 10.2 Å². The molecule has 0 atom stereocenters. The van der Waals surface area contributed by atoms with E-state index in [1.807, 2.05) is 6.92 Å². The zero-order valence-corrected chi connectivity index (χ0v) is 13.2. The summed E-state index contributed by atoms with van der Waals surface area (Å²) in [5.41, 5.74) is 1.17. The Morgan fingerprint density at radius 3 is 2.65 bits per heavy atom. The number of nitrogens with zero attached hydrogens (tertiary/aromatic N) is 4. The van der Waals surface area contributed by atoms with Gasteiger partial charge in [-0.05, 0) is 40.3 Å². The van der Waals surface area contributed by atoms with Gasteiger partial charge in [0.1, 0.15) is 17.5 Å². The molecule has 1 aliphatic rings. The maximum absolute atomic E-state index is 4.69. The van der Waals surface area contributed by atoms with Crippen LogP contribution in [0.3, 0.4) is 0 Å². The number of hydrogen-bond acceptors (Lipinski definition) is 5. The Bertz CT molecular complexity index is 446. The molecule has 2 heterocycles. The summed E-state index contributed by atoms with van der Waals surface area (Å²) in [4.78, 5) is 14.0. The van der Waals surface area contributed by atoms with Crippen molar-refractivity contribution in [3.8, 4) is 0 Å². The predicted octanol–water partition coefficient (Wildman–Crippen LogP) is 2.06. The lowest BCUT2D eigenvalue weighted by Gasteiger charge is -2.24. The number of nitrogens with one attached hydrogen (secondary N) is 1. The topological polar surface area (TPSA) is 44.3 Å². The van der Waals surface area contributed by atoms with Gasteiger partial charge < -0.3 is 15.1 Å². The first-order chi connectivity index (χ1) is 9.61. The Kier molecular flexibility index (Phi) is 5.17. The van der Waals surface area contributed by atoms with Crippen molar-refractivity contribution in [2.24, 2.45) is 0 Å². The van der Waals surface area contributed by atoms with E-state index in [2.05, 4.69) is 46.0 Å². The maximum Gasteiger partial charge on any atom is 0.137 e. The molecule has 1 aliphatic heterocycles. The van der Waals surface area contributed by atoms with Crippen LogP contribution in [0.25, 0.3) is 0 Å². The van der Waals surface area contributed by atoms with Crippen molar-refractivity contribution < 1.29 is 0 Å². The molecule has 0 radical (unpaired) electrons. The third-order valence-corrected chi connectivity index (χ3v) is 3.79. The molecule has 0 unspecified atom stereocenters. The third-order valence-electron chi connectivity index (χ3n) is 3.79. The molecule has 0 aliphatic carbocycles. The monoisotopic (exact) mass is 277 g/mol. The molecule has 0 amide bonds. The van der Waals surface area contributed by atoms with Crippen LogP contribution >= 0.6 is 0 Å². The van der Waals surface area contributed by atoms with Gasteiger partial charge >= 0.3 is 0 Å². The molecular weight excluding hydrogens is 250 g/mol. The minimum absolute atomic E-state index is 0.849. The highest BCUT2D eigenvalue weighted by atomic mass is 15.2. The summed E-state index contributed by atoms with van der Waals surface area (Å²) in [6.45, 7) is 11.6. The molecule has 1 saturated heterocycles.